The van der Waals surface area contributed by atoms with Gasteiger partial charge in [-0.1, -0.05) is 109 Å². The molecule has 39 heavy (non-hydrogen) atoms. The molecule has 212 valence electrons. The van der Waals surface area contributed by atoms with E-state index in [1.807, 2.05) is 43.9 Å². The molecule has 1 heterocycles. The summed E-state index contributed by atoms with van der Waals surface area (Å²) in [6, 6.07) is 15.8. The molecule has 0 spiro atoms. The highest BCUT2D eigenvalue weighted by molar-refractivity contribution is 5.87. The van der Waals surface area contributed by atoms with Gasteiger partial charge in [-0.25, -0.2) is 4.79 Å². The maximum atomic E-state index is 13.8. The third-order valence-corrected chi connectivity index (χ3v) is 7.73. The van der Waals surface area contributed by atoms with Crippen LogP contribution in [-0.4, -0.2) is 49.7 Å². The molecule has 6 heteroatoms. The summed E-state index contributed by atoms with van der Waals surface area (Å²) < 4.78 is 11.6. The van der Waals surface area contributed by atoms with Gasteiger partial charge in [-0.3, -0.25) is 4.79 Å². The third-order valence-electron chi connectivity index (χ3n) is 7.73. The maximum Gasteiger partial charge on any atom is 0.407 e. The van der Waals surface area contributed by atoms with Gasteiger partial charge in [0.25, 0.3) is 0 Å². The van der Waals surface area contributed by atoms with E-state index in [2.05, 4.69) is 69.1 Å². The van der Waals surface area contributed by atoms with E-state index in [4.69, 9.17) is 9.47 Å². The van der Waals surface area contributed by atoms with Gasteiger partial charge in [-0.2, -0.15) is 0 Å². The Hall–Kier alpha value is -3.12. The summed E-state index contributed by atoms with van der Waals surface area (Å²) in [5.74, 6) is -0.122. The average molecular weight is 535 g/mol. The Morgan fingerprint density at radius 2 is 1.77 bits per heavy atom. The van der Waals surface area contributed by atoms with Crippen LogP contribution in [0.5, 0.6) is 0 Å². The molecule has 3 rings (SSSR count). The van der Waals surface area contributed by atoms with E-state index in [9.17, 15) is 9.59 Å². The number of hydrogen-bond acceptors (Lipinski definition) is 4. The Morgan fingerprint density at radius 1 is 1.10 bits per heavy atom. The third kappa shape index (κ3) is 7.30. The molecule has 1 saturated heterocycles. The highest BCUT2D eigenvalue weighted by atomic mass is 16.5. The molecule has 0 bridgehead atoms. The number of ether oxygens (including phenoxy) is 2. The first kappa shape index (κ1) is 30.4. The number of methoxy groups -OCH3 is 1. The average Bonchev–Trinajstić information content (AvgIpc) is 3.36. The quantitative estimate of drug-likeness (QED) is 0.355. The van der Waals surface area contributed by atoms with Crippen LogP contribution >= 0.6 is 0 Å². The van der Waals surface area contributed by atoms with Crippen LogP contribution in [0.4, 0.5) is 4.79 Å². The highest BCUT2D eigenvalue weighted by Crippen LogP contribution is 2.38. The monoisotopic (exact) mass is 534 g/mol. The molecule has 2 amide bonds. The fourth-order valence-electron chi connectivity index (χ4n) is 5.38. The molecule has 2 aromatic carbocycles. The summed E-state index contributed by atoms with van der Waals surface area (Å²) in [5, 5.41) is 2.87. The van der Waals surface area contributed by atoms with Crippen molar-refractivity contribution in [3.8, 4) is 11.1 Å². The van der Waals surface area contributed by atoms with Gasteiger partial charge in [0.2, 0.25) is 5.91 Å². The van der Waals surface area contributed by atoms with Crippen molar-refractivity contribution in [1.82, 2.24) is 10.2 Å². The van der Waals surface area contributed by atoms with Gasteiger partial charge in [0.1, 0.15) is 11.6 Å². The number of carbonyl (C=O) groups excluding carboxylic acids is 2. The van der Waals surface area contributed by atoms with Crippen molar-refractivity contribution < 1.29 is 19.1 Å². The summed E-state index contributed by atoms with van der Waals surface area (Å²) in [4.78, 5) is 28.3. The lowest BCUT2D eigenvalue weighted by molar-refractivity contribution is -0.136. The summed E-state index contributed by atoms with van der Waals surface area (Å²) in [6.07, 6.45) is 3.95. The second kappa shape index (κ2) is 12.4. The van der Waals surface area contributed by atoms with Crippen molar-refractivity contribution >= 4 is 18.1 Å². The summed E-state index contributed by atoms with van der Waals surface area (Å²) in [7, 11) is 1.70. The number of benzene rings is 2. The highest BCUT2D eigenvalue weighted by Gasteiger charge is 2.45. The van der Waals surface area contributed by atoms with Gasteiger partial charge in [-0.15, -0.1) is 0 Å². The van der Waals surface area contributed by atoms with E-state index in [1.54, 1.807) is 7.11 Å². The zero-order valence-electron chi connectivity index (χ0n) is 24.8. The molecule has 0 aliphatic carbocycles. The molecule has 1 N–H and O–H groups in total. The van der Waals surface area contributed by atoms with Crippen molar-refractivity contribution in [3.05, 3.63) is 66.2 Å². The van der Waals surface area contributed by atoms with Crippen LogP contribution in [-0.2, 0) is 19.9 Å². The molecule has 0 radical (unpaired) electrons. The predicted octanol–water partition coefficient (Wildman–Crippen LogP) is 7.04. The minimum atomic E-state index is -0.718. The molecular formula is C33H46N2O4. The number of nitrogens with one attached hydrogen (secondary N) is 1. The number of hydrogen-bond donors (Lipinski definition) is 1. The lowest BCUT2D eigenvalue weighted by atomic mass is 9.85. The van der Waals surface area contributed by atoms with Crippen molar-refractivity contribution in [2.45, 2.75) is 72.4 Å². The van der Waals surface area contributed by atoms with Crippen LogP contribution in [0, 0.1) is 10.8 Å². The van der Waals surface area contributed by atoms with Crippen LogP contribution in [0.1, 0.15) is 71.9 Å². The summed E-state index contributed by atoms with van der Waals surface area (Å²) >= 11 is 0. The molecule has 2 atom stereocenters. The van der Waals surface area contributed by atoms with Crippen LogP contribution in [0.15, 0.2) is 55.1 Å². The SMILES string of the molecule is C=Cc1ccccc1-c1ccc(C2(OC)CCN(C(=O)C(NC(=O)OCC(C)(C)CCC)C(C)(C)C)C2)cc1. The smallest absolute Gasteiger partial charge is 0.407 e. The number of amides is 2. The second-order valence-electron chi connectivity index (χ2n) is 12.5. The first-order valence-electron chi connectivity index (χ1n) is 14.0. The molecular weight excluding hydrogens is 488 g/mol. The standard InChI is InChI=1S/C33H46N2O4/c1-9-19-32(6,7)23-39-30(37)34-28(31(3,4)5)29(36)35-21-20-33(22-35,38-8)26-17-15-25(16-18-26)27-14-12-11-13-24(27)10-2/h10-18,28H,2,9,19-23H2,1,3-8H3,(H,34,37). The van der Waals surface area contributed by atoms with Crippen molar-refractivity contribution in [3.63, 3.8) is 0 Å². The van der Waals surface area contributed by atoms with Crippen LogP contribution < -0.4 is 5.32 Å². The zero-order chi connectivity index (χ0) is 28.8. The molecule has 1 fully saturated rings. The first-order valence-corrected chi connectivity index (χ1v) is 14.0. The van der Waals surface area contributed by atoms with Crippen molar-refractivity contribution in [2.24, 2.45) is 10.8 Å². The van der Waals surface area contributed by atoms with E-state index >= 15 is 0 Å². The van der Waals surface area contributed by atoms with E-state index in [0.717, 1.165) is 35.1 Å². The van der Waals surface area contributed by atoms with Crippen molar-refractivity contribution in [2.75, 3.05) is 26.8 Å². The first-order chi connectivity index (χ1) is 18.4. The Labute approximate surface area is 234 Å². The van der Waals surface area contributed by atoms with Crippen LogP contribution in [0.2, 0.25) is 0 Å². The Balaban J connectivity index is 1.74. The minimum Gasteiger partial charge on any atom is -0.449 e. The lowest BCUT2D eigenvalue weighted by Crippen LogP contribution is -2.55. The molecule has 1 aliphatic heterocycles. The molecule has 0 saturated carbocycles. The number of rotatable bonds is 10. The lowest BCUT2D eigenvalue weighted by Gasteiger charge is -2.34. The largest absolute Gasteiger partial charge is 0.449 e. The number of alkyl carbamates (subject to hydrolysis) is 1. The fourth-order valence-corrected chi connectivity index (χ4v) is 5.38. The second-order valence-corrected chi connectivity index (χ2v) is 12.5. The normalized spacial score (nSPS) is 18.5. The van der Waals surface area contributed by atoms with Gasteiger partial charge >= 0.3 is 6.09 Å². The van der Waals surface area contributed by atoms with E-state index < -0.39 is 23.2 Å². The number of nitrogens with zero attached hydrogens (tertiary/aromatic N) is 1. The van der Waals surface area contributed by atoms with E-state index in [-0.39, 0.29) is 11.3 Å². The molecule has 2 aromatic rings. The Bertz CT molecular complexity index is 1150. The topological polar surface area (TPSA) is 67.9 Å². The van der Waals surface area contributed by atoms with Gasteiger partial charge in [0.15, 0.2) is 0 Å². The van der Waals surface area contributed by atoms with Crippen molar-refractivity contribution in [1.29, 1.82) is 0 Å². The Kier molecular flexibility index (Phi) is 9.65. The molecule has 2 unspecified atom stereocenters. The van der Waals surface area contributed by atoms with E-state index in [0.29, 0.717) is 26.1 Å². The van der Waals surface area contributed by atoms with Crippen LogP contribution in [0.3, 0.4) is 0 Å². The van der Waals surface area contributed by atoms with E-state index in [1.165, 1.54) is 0 Å². The molecule has 1 aliphatic rings. The maximum absolute atomic E-state index is 13.8. The van der Waals surface area contributed by atoms with Crippen LogP contribution in [0.25, 0.3) is 17.2 Å². The van der Waals surface area contributed by atoms with Gasteiger partial charge in [0.05, 0.1) is 13.2 Å². The fraction of sp³-hybridized carbons (Fsp3) is 0.515. The predicted molar refractivity (Wildman–Crippen MR) is 158 cm³/mol. The van der Waals surface area contributed by atoms with Gasteiger partial charge in [0, 0.05) is 13.7 Å². The summed E-state index contributed by atoms with van der Waals surface area (Å²) in [6.45, 7) is 17.3. The minimum absolute atomic E-state index is 0.107. The number of likely N-dealkylation sites (tertiary alicyclic amines) is 1. The van der Waals surface area contributed by atoms with Gasteiger partial charge < -0.3 is 19.7 Å². The Morgan fingerprint density at radius 3 is 2.36 bits per heavy atom. The molecule has 6 nitrogen and oxygen atoms in total. The summed E-state index contributed by atoms with van der Waals surface area (Å²) in [5.41, 5.74) is 3.12. The zero-order valence-corrected chi connectivity index (χ0v) is 24.8. The number of carbonyl (C=O) groups is 2. The van der Waals surface area contributed by atoms with Gasteiger partial charge in [-0.05, 0) is 45.9 Å². The molecule has 0 aromatic heterocycles.